The van der Waals surface area contributed by atoms with Gasteiger partial charge in [-0.15, -0.1) is 0 Å². The number of morpholine rings is 1. The van der Waals surface area contributed by atoms with E-state index in [1.165, 1.54) is 19.1 Å². The van der Waals surface area contributed by atoms with Crippen molar-refractivity contribution < 1.29 is 52.6 Å². The lowest BCUT2D eigenvalue weighted by Gasteiger charge is -2.41. The van der Waals surface area contributed by atoms with Gasteiger partial charge in [0, 0.05) is 12.0 Å². The van der Waals surface area contributed by atoms with Crippen molar-refractivity contribution in [3.05, 3.63) is 95.6 Å². The molecule has 2 heterocycles. The molecule has 5 atom stereocenters. The van der Waals surface area contributed by atoms with Gasteiger partial charge in [0.1, 0.15) is 43.4 Å². The van der Waals surface area contributed by atoms with Crippen LogP contribution in [0.5, 0.6) is 11.5 Å². The van der Waals surface area contributed by atoms with E-state index in [-0.39, 0.29) is 59.6 Å². The van der Waals surface area contributed by atoms with Crippen LogP contribution in [0.1, 0.15) is 78.0 Å². The molecule has 0 radical (unpaired) electrons. The maximum absolute atomic E-state index is 14.1. The summed E-state index contributed by atoms with van der Waals surface area (Å²) in [5.41, 5.74) is 0.732. The molecule has 5 rings (SSSR count). The number of rotatable bonds is 21. The quantitative estimate of drug-likeness (QED) is 0.0452. The SMILES string of the molecule is CC(C)C[C@H](NC(=O)[C@H](Cc1ccccc1)NC(=O)[C@H](C)NC(=O)[C@H](CCc1ccccc1)NC(=O)C[N+]1(Cc2ccc(OC(=O)C(C)(C)C)c(O)c2)CCOCC1)C(=O)[C@@]1(C)CO1. The number of nitrogens with zero attached hydrogens (tertiary/aromatic N) is 1. The van der Waals surface area contributed by atoms with Crippen LogP contribution in [-0.2, 0) is 57.6 Å². The molecule has 0 unspecified atom stereocenters. The number of carbonyl (C=O) groups excluding carboxylic acids is 6. The average Bonchev–Trinajstić information content (AvgIpc) is 4.00. The molecule has 64 heavy (non-hydrogen) atoms. The minimum Gasteiger partial charge on any atom is -0.504 e. The van der Waals surface area contributed by atoms with Gasteiger partial charge in [-0.25, -0.2) is 0 Å². The Morgan fingerprint density at radius 1 is 0.766 bits per heavy atom. The van der Waals surface area contributed by atoms with E-state index in [2.05, 4.69) is 21.3 Å². The summed E-state index contributed by atoms with van der Waals surface area (Å²) >= 11 is 0. The van der Waals surface area contributed by atoms with Gasteiger partial charge in [-0.3, -0.25) is 28.8 Å². The number of ether oxygens (including phenoxy) is 3. The predicted molar refractivity (Wildman–Crippen MR) is 240 cm³/mol. The molecule has 4 amide bonds. The van der Waals surface area contributed by atoms with Crippen molar-refractivity contribution in [2.45, 2.75) is 110 Å². The average molecular weight is 885 g/mol. The first kappa shape index (κ1) is 49.4. The Morgan fingerprint density at radius 2 is 1.36 bits per heavy atom. The number of nitrogens with one attached hydrogen (secondary N) is 4. The smallest absolute Gasteiger partial charge is 0.316 e. The lowest BCUT2D eigenvalue weighted by Crippen LogP contribution is -2.60. The number of phenolic OH excluding ortho intramolecular Hbond substituents is 1. The van der Waals surface area contributed by atoms with Crippen LogP contribution >= 0.6 is 0 Å². The van der Waals surface area contributed by atoms with Crippen LogP contribution < -0.4 is 26.0 Å². The normalized spacial score (nSPS) is 18.7. The van der Waals surface area contributed by atoms with Crippen LogP contribution in [0.4, 0.5) is 0 Å². The van der Waals surface area contributed by atoms with Gasteiger partial charge in [0.05, 0.1) is 31.3 Å². The van der Waals surface area contributed by atoms with E-state index in [0.29, 0.717) is 51.3 Å². The fraction of sp³-hybridized carbons (Fsp3) is 0.510. The maximum atomic E-state index is 14.1. The monoisotopic (exact) mass is 884 g/mol. The minimum atomic E-state index is -1.11. The van der Waals surface area contributed by atoms with E-state index in [1.807, 2.05) is 74.5 Å². The fourth-order valence-corrected chi connectivity index (χ4v) is 7.59. The molecular weight excluding hydrogens is 819 g/mol. The van der Waals surface area contributed by atoms with E-state index >= 15 is 0 Å². The topological polar surface area (TPSA) is 202 Å². The minimum absolute atomic E-state index is 0.00208. The van der Waals surface area contributed by atoms with Crippen molar-refractivity contribution >= 4 is 35.4 Å². The molecule has 2 saturated heterocycles. The van der Waals surface area contributed by atoms with Crippen molar-refractivity contribution in [2.75, 3.05) is 39.5 Å². The highest BCUT2D eigenvalue weighted by Crippen LogP contribution is 2.32. The van der Waals surface area contributed by atoms with Gasteiger partial charge >= 0.3 is 5.97 Å². The summed E-state index contributed by atoms with van der Waals surface area (Å²) in [6.45, 7) is 14.7. The fourth-order valence-electron chi connectivity index (χ4n) is 7.59. The number of esters is 1. The third kappa shape index (κ3) is 14.4. The third-order valence-corrected chi connectivity index (χ3v) is 11.6. The Balaban J connectivity index is 1.29. The zero-order valence-corrected chi connectivity index (χ0v) is 38.2. The van der Waals surface area contributed by atoms with Crippen molar-refractivity contribution in [3.63, 3.8) is 0 Å². The molecule has 5 N–H and O–H groups in total. The molecular formula is C49H66N5O10+. The van der Waals surface area contributed by atoms with Crippen LogP contribution in [0, 0.1) is 11.3 Å². The van der Waals surface area contributed by atoms with Gasteiger partial charge in [0.2, 0.25) is 17.7 Å². The second-order valence-electron chi connectivity index (χ2n) is 18.9. The van der Waals surface area contributed by atoms with Gasteiger partial charge in [0.15, 0.2) is 23.8 Å². The van der Waals surface area contributed by atoms with Gasteiger partial charge in [0.25, 0.3) is 5.91 Å². The summed E-state index contributed by atoms with van der Waals surface area (Å²) < 4.78 is 16.8. The highest BCUT2D eigenvalue weighted by molar-refractivity contribution is 5.98. The molecule has 0 spiro atoms. The number of benzene rings is 3. The molecule has 0 bridgehead atoms. The summed E-state index contributed by atoms with van der Waals surface area (Å²) in [6, 6.07) is 19.5. The lowest BCUT2D eigenvalue weighted by molar-refractivity contribution is -0.940. The summed E-state index contributed by atoms with van der Waals surface area (Å²) in [5.74, 6) is -2.90. The molecule has 2 fully saturated rings. The van der Waals surface area contributed by atoms with Gasteiger partial charge in [-0.05, 0) is 89.1 Å². The number of quaternary nitrogens is 1. The van der Waals surface area contributed by atoms with Gasteiger partial charge in [-0.1, -0.05) is 74.5 Å². The van der Waals surface area contributed by atoms with E-state index in [1.54, 1.807) is 33.8 Å². The van der Waals surface area contributed by atoms with Gasteiger partial charge in [-0.2, -0.15) is 0 Å². The van der Waals surface area contributed by atoms with Crippen LogP contribution in [0.15, 0.2) is 78.9 Å². The maximum Gasteiger partial charge on any atom is 0.316 e. The predicted octanol–water partition coefficient (Wildman–Crippen LogP) is 3.93. The van der Waals surface area contributed by atoms with E-state index < -0.39 is 58.9 Å². The number of aryl methyl sites for hydroxylation is 1. The number of ketones is 1. The summed E-state index contributed by atoms with van der Waals surface area (Å²) in [5, 5.41) is 22.2. The van der Waals surface area contributed by atoms with Crippen LogP contribution in [0.3, 0.4) is 0 Å². The summed E-state index contributed by atoms with van der Waals surface area (Å²) in [7, 11) is 0. The molecule has 15 heteroatoms. The molecule has 3 aromatic carbocycles. The number of hydrogen-bond donors (Lipinski definition) is 5. The van der Waals surface area contributed by atoms with Crippen LogP contribution in [0.25, 0.3) is 0 Å². The van der Waals surface area contributed by atoms with Crippen LogP contribution in [-0.4, -0.2) is 114 Å². The Hall–Kier alpha value is -5.64. The molecule has 15 nitrogen and oxygen atoms in total. The molecule has 3 aromatic rings. The molecule has 2 aliphatic heterocycles. The second kappa shape index (κ2) is 21.8. The number of Topliss-reactive ketones (excluding diaryl/α,β-unsaturated/α-hetero) is 1. The Bertz CT molecular complexity index is 2100. The van der Waals surface area contributed by atoms with Crippen molar-refractivity contribution in [1.82, 2.24) is 21.3 Å². The molecule has 346 valence electrons. The zero-order chi connectivity index (χ0) is 46.7. The first-order chi connectivity index (χ1) is 30.3. The standard InChI is InChI=1S/C49H65N5O10/c1-32(2)26-38(43(57)49(7)31-63-49)52-46(60)39(27-35-16-12-9-13-17-35)53-44(58)33(3)50-45(59)37(20-18-34-14-10-8-11-15-34)51-42(56)30-54(22-24-62-25-23-54)29-36-19-21-41(40(55)28-36)64-47(61)48(4,5)6/h8-17,19,21,28,32-33,37-39H,18,20,22-27,29-31H2,1-7H3,(H4-,50,51,52,53,55,56,58,59,60)/p+1/t33-,37-,38-,39-,49+/m0/s1. The van der Waals surface area contributed by atoms with Crippen molar-refractivity contribution in [3.8, 4) is 11.5 Å². The van der Waals surface area contributed by atoms with E-state index in [0.717, 1.165) is 11.1 Å². The van der Waals surface area contributed by atoms with E-state index in [4.69, 9.17) is 14.2 Å². The molecule has 0 aromatic heterocycles. The Kier molecular flexibility index (Phi) is 16.8. The number of aromatic hydroxyl groups is 1. The molecule has 2 aliphatic rings. The van der Waals surface area contributed by atoms with Gasteiger partial charge < -0.3 is 45.1 Å². The summed E-state index contributed by atoms with van der Waals surface area (Å²) in [4.78, 5) is 81.8. The zero-order valence-electron chi connectivity index (χ0n) is 38.2. The number of epoxide rings is 1. The van der Waals surface area contributed by atoms with Crippen molar-refractivity contribution in [2.24, 2.45) is 11.3 Å². The van der Waals surface area contributed by atoms with E-state index in [9.17, 15) is 33.9 Å². The lowest BCUT2D eigenvalue weighted by atomic mass is 9.93. The largest absolute Gasteiger partial charge is 0.504 e. The molecule has 0 aliphatic carbocycles. The number of hydrogen-bond acceptors (Lipinski definition) is 10. The number of carbonyl (C=O) groups is 6. The van der Waals surface area contributed by atoms with Crippen molar-refractivity contribution in [1.29, 1.82) is 0 Å². The first-order valence-electron chi connectivity index (χ1n) is 22.2. The Morgan fingerprint density at radius 3 is 1.94 bits per heavy atom. The Labute approximate surface area is 376 Å². The third-order valence-electron chi connectivity index (χ3n) is 11.6. The highest BCUT2D eigenvalue weighted by atomic mass is 16.6. The summed E-state index contributed by atoms with van der Waals surface area (Å²) in [6.07, 6.45) is 1.21. The second-order valence-corrected chi connectivity index (χ2v) is 18.9. The number of amides is 4. The highest BCUT2D eigenvalue weighted by Gasteiger charge is 2.50. The first-order valence-corrected chi connectivity index (χ1v) is 22.2. The number of phenols is 1. The molecule has 0 saturated carbocycles. The van der Waals surface area contributed by atoms with Crippen LogP contribution in [0.2, 0.25) is 0 Å².